The molecule has 1 aromatic carbocycles. The molecule has 1 aliphatic rings. The molecule has 3 nitrogen and oxygen atoms in total. The molecule has 0 amide bonds. The van der Waals surface area contributed by atoms with E-state index in [4.69, 9.17) is 15.2 Å². The minimum atomic E-state index is -0.239. The summed E-state index contributed by atoms with van der Waals surface area (Å²) in [5, 5.41) is 0. The topological polar surface area (TPSA) is 44.5 Å². The molecule has 1 aromatic rings. The van der Waals surface area contributed by atoms with Crippen molar-refractivity contribution in [1.82, 2.24) is 0 Å². The molecular weight excluding hydrogens is 250 g/mol. The summed E-state index contributed by atoms with van der Waals surface area (Å²) in [5.41, 5.74) is 7.76. The highest BCUT2D eigenvalue weighted by atomic mass is 16.5. The molecular formula is C17H27NO2. The van der Waals surface area contributed by atoms with E-state index in [2.05, 4.69) is 19.1 Å². The number of hydrogen-bond donors (Lipinski definition) is 1. The van der Waals surface area contributed by atoms with Gasteiger partial charge in [0.15, 0.2) is 0 Å². The van der Waals surface area contributed by atoms with Gasteiger partial charge >= 0.3 is 0 Å². The SMILES string of the molecule is CCC1CCCCC1(N)c1ccccc1OCCOC. The van der Waals surface area contributed by atoms with Crippen LogP contribution in [-0.2, 0) is 10.3 Å². The number of rotatable bonds is 6. The fourth-order valence-corrected chi connectivity index (χ4v) is 3.40. The van der Waals surface area contributed by atoms with Crippen LogP contribution in [0.4, 0.5) is 0 Å². The predicted molar refractivity (Wildman–Crippen MR) is 81.9 cm³/mol. The summed E-state index contributed by atoms with van der Waals surface area (Å²) < 4.78 is 10.9. The van der Waals surface area contributed by atoms with Gasteiger partial charge in [0.2, 0.25) is 0 Å². The van der Waals surface area contributed by atoms with Gasteiger partial charge in [-0.3, -0.25) is 0 Å². The molecule has 0 aliphatic heterocycles. The van der Waals surface area contributed by atoms with E-state index in [-0.39, 0.29) is 5.54 Å². The summed E-state index contributed by atoms with van der Waals surface area (Å²) in [6.07, 6.45) is 5.90. The lowest BCUT2D eigenvalue weighted by atomic mass is 9.68. The van der Waals surface area contributed by atoms with Crippen LogP contribution in [0, 0.1) is 5.92 Å². The maximum atomic E-state index is 6.83. The van der Waals surface area contributed by atoms with Crippen LogP contribution in [0.2, 0.25) is 0 Å². The fourth-order valence-electron chi connectivity index (χ4n) is 3.40. The van der Waals surface area contributed by atoms with Gasteiger partial charge in [0.25, 0.3) is 0 Å². The van der Waals surface area contributed by atoms with Crippen molar-refractivity contribution in [2.24, 2.45) is 11.7 Å². The van der Waals surface area contributed by atoms with E-state index in [1.54, 1.807) is 7.11 Å². The van der Waals surface area contributed by atoms with Crippen LogP contribution in [0.1, 0.15) is 44.6 Å². The molecule has 2 atom stereocenters. The molecule has 0 aromatic heterocycles. The largest absolute Gasteiger partial charge is 0.491 e. The molecule has 0 saturated heterocycles. The number of hydrogen-bond acceptors (Lipinski definition) is 3. The van der Waals surface area contributed by atoms with Crippen molar-refractivity contribution >= 4 is 0 Å². The first-order valence-electron chi connectivity index (χ1n) is 7.72. The molecule has 0 radical (unpaired) electrons. The van der Waals surface area contributed by atoms with Gasteiger partial charge in [-0.25, -0.2) is 0 Å². The first-order valence-corrected chi connectivity index (χ1v) is 7.72. The van der Waals surface area contributed by atoms with E-state index in [1.165, 1.54) is 24.8 Å². The zero-order valence-electron chi connectivity index (χ0n) is 12.7. The highest BCUT2D eigenvalue weighted by Crippen LogP contribution is 2.44. The van der Waals surface area contributed by atoms with Gasteiger partial charge in [-0.15, -0.1) is 0 Å². The lowest BCUT2D eigenvalue weighted by Gasteiger charge is -2.42. The second-order valence-electron chi connectivity index (χ2n) is 5.73. The summed E-state index contributed by atoms with van der Waals surface area (Å²) in [4.78, 5) is 0. The Morgan fingerprint density at radius 3 is 2.80 bits per heavy atom. The molecule has 2 rings (SSSR count). The average molecular weight is 277 g/mol. The van der Waals surface area contributed by atoms with E-state index in [0.717, 1.165) is 18.6 Å². The Morgan fingerprint density at radius 2 is 2.05 bits per heavy atom. The minimum Gasteiger partial charge on any atom is -0.491 e. The van der Waals surface area contributed by atoms with E-state index in [0.29, 0.717) is 19.1 Å². The van der Waals surface area contributed by atoms with Crippen LogP contribution >= 0.6 is 0 Å². The summed E-state index contributed by atoms with van der Waals surface area (Å²) in [5.74, 6) is 1.47. The summed E-state index contributed by atoms with van der Waals surface area (Å²) in [7, 11) is 1.69. The Labute approximate surface area is 122 Å². The smallest absolute Gasteiger partial charge is 0.124 e. The lowest BCUT2D eigenvalue weighted by Crippen LogP contribution is -2.46. The van der Waals surface area contributed by atoms with Crippen molar-refractivity contribution < 1.29 is 9.47 Å². The first kappa shape index (κ1) is 15.3. The maximum absolute atomic E-state index is 6.83. The number of para-hydroxylation sites is 1. The van der Waals surface area contributed by atoms with Gasteiger partial charge in [-0.05, 0) is 24.8 Å². The standard InChI is InChI=1S/C17H27NO2/c1-3-14-8-6-7-11-17(14,18)15-9-4-5-10-16(15)20-13-12-19-2/h4-5,9-10,14H,3,6-8,11-13,18H2,1-2H3. The Balaban J connectivity index is 2.25. The van der Waals surface area contributed by atoms with Gasteiger partial charge < -0.3 is 15.2 Å². The second-order valence-corrected chi connectivity index (χ2v) is 5.73. The van der Waals surface area contributed by atoms with E-state index in [1.807, 2.05) is 12.1 Å². The monoisotopic (exact) mass is 277 g/mol. The predicted octanol–water partition coefficient (Wildman–Crippen LogP) is 3.47. The molecule has 1 aliphatic carbocycles. The first-order chi connectivity index (χ1) is 9.72. The Hall–Kier alpha value is -1.06. The van der Waals surface area contributed by atoms with Crippen molar-refractivity contribution in [2.45, 2.75) is 44.6 Å². The number of nitrogens with two attached hydrogens (primary N) is 1. The van der Waals surface area contributed by atoms with Crippen LogP contribution in [-0.4, -0.2) is 20.3 Å². The van der Waals surface area contributed by atoms with Gasteiger partial charge in [-0.2, -0.15) is 0 Å². The zero-order valence-corrected chi connectivity index (χ0v) is 12.7. The zero-order chi connectivity index (χ0) is 14.4. The molecule has 112 valence electrons. The molecule has 2 N–H and O–H groups in total. The van der Waals surface area contributed by atoms with Crippen molar-refractivity contribution in [3.05, 3.63) is 29.8 Å². The van der Waals surface area contributed by atoms with Crippen LogP contribution in [0.3, 0.4) is 0 Å². The number of ether oxygens (including phenoxy) is 2. The molecule has 0 bridgehead atoms. The quantitative estimate of drug-likeness (QED) is 0.810. The van der Waals surface area contributed by atoms with Gasteiger partial charge in [-0.1, -0.05) is 44.4 Å². The molecule has 1 saturated carbocycles. The number of benzene rings is 1. The third-order valence-corrected chi connectivity index (χ3v) is 4.55. The Kier molecular flexibility index (Phi) is 5.44. The molecule has 0 spiro atoms. The average Bonchev–Trinajstić information content (AvgIpc) is 2.48. The van der Waals surface area contributed by atoms with Crippen LogP contribution in [0.5, 0.6) is 5.75 Å². The van der Waals surface area contributed by atoms with Crippen molar-refractivity contribution in [3.63, 3.8) is 0 Å². The maximum Gasteiger partial charge on any atom is 0.124 e. The molecule has 3 heteroatoms. The van der Waals surface area contributed by atoms with Gasteiger partial charge in [0, 0.05) is 18.2 Å². The summed E-state index contributed by atoms with van der Waals surface area (Å²) >= 11 is 0. The van der Waals surface area contributed by atoms with Gasteiger partial charge in [0.1, 0.15) is 12.4 Å². The highest BCUT2D eigenvalue weighted by molar-refractivity contribution is 5.40. The van der Waals surface area contributed by atoms with E-state index in [9.17, 15) is 0 Å². The summed E-state index contributed by atoms with van der Waals surface area (Å²) in [6, 6.07) is 8.24. The van der Waals surface area contributed by atoms with Crippen molar-refractivity contribution in [2.75, 3.05) is 20.3 Å². The molecule has 20 heavy (non-hydrogen) atoms. The van der Waals surface area contributed by atoms with E-state index < -0.39 is 0 Å². The van der Waals surface area contributed by atoms with Crippen molar-refractivity contribution in [1.29, 1.82) is 0 Å². The Morgan fingerprint density at radius 1 is 1.25 bits per heavy atom. The van der Waals surface area contributed by atoms with Crippen LogP contribution in [0.15, 0.2) is 24.3 Å². The third kappa shape index (κ3) is 3.15. The molecule has 2 unspecified atom stereocenters. The van der Waals surface area contributed by atoms with Gasteiger partial charge in [0.05, 0.1) is 6.61 Å². The lowest BCUT2D eigenvalue weighted by molar-refractivity contribution is 0.139. The third-order valence-electron chi connectivity index (χ3n) is 4.55. The van der Waals surface area contributed by atoms with Crippen molar-refractivity contribution in [3.8, 4) is 5.75 Å². The number of methoxy groups -OCH3 is 1. The normalized spacial score (nSPS) is 26.4. The highest BCUT2D eigenvalue weighted by Gasteiger charge is 2.39. The van der Waals surface area contributed by atoms with Crippen LogP contribution in [0.25, 0.3) is 0 Å². The minimum absolute atomic E-state index is 0.239. The Bertz CT molecular complexity index is 421. The fraction of sp³-hybridized carbons (Fsp3) is 0.647. The second kappa shape index (κ2) is 7.09. The summed E-state index contributed by atoms with van der Waals surface area (Å²) in [6.45, 7) is 3.41. The van der Waals surface area contributed by atoms with Crippen LogP contribution < -0.4 is 10.5 Å². The molecule has 0 heterocycles. The van der Waals surface area contributed by atoms with E-state index >= 15 is 0 Å². The molecule has 1 fully saturated rings.